The number of ether oxygens (including phenoxy) is 1. The van der Waals surface area contributed by atoms with Gasteiger partial charge in [-0.15, -0.1) is 0 Å². The Kier molecular flexibility index (Phi) is 10.3. The Morgan fingerprint density at radius 1 is 1.12 bits per heavy atom. The number of carbonyl (C=O) groups excluding carboxylic acids is 2. The van der Waals surface area contributed by atoms with Crippen molar-refractivity contribution in [1.29, 1.82) is 0 Å². The molecule has 0 bridgehead atoms. The van der Waals surface area contributed by atoms with Gasteiger partial charge in [-0.25, -0.2) is 0 Å². The van der Waals surface area contributed by atoms with E-state index < -0.39 is 17.9 Å². The van der Waals surface area contributed by atoms with Crippen molar-refractivity contribution in [3.05, 3.63) is 24.3 Å². The quantitative estimate of drug-likeness (QED) is 0.282. The zero-order valence-corrected chi connectivity index (χ0v) is 15.5. The molecule has 1 rings (SSSR count). The molecule has 0 unspecified atom stereocenters. The van der Waals surface area contributed by atoms with Crippen LogP contribution in [0.15, 0.2) is 24.3 Å². The Balaban J connectivity index is 2.34. The first-order valence-corrected chi connectivity index (χ1v) is 9.25. The van der Waals surface area contributed by atoms with E-state index in [1.54, 1.807) is 24.3 Å². The molecule has 0 radical (unpaired) electrons. The molecule has 1 aromatic rings. The van der Waals surface area contributed by atoms with Crippen molar-refractivity contribution in [2.45, 2.75) is 64.3 Å². The lowest BCUT2D eigenvalue weighted by Gasteiger charge is -2.16. The van der Waals surface area contributed by atoms with Gasteiger partial charge < -0.3 is 16.2 Å². The van der Waals surface area contributed by atoms with E-state index in [1.807, 2.05) is 0 Å². The Morgan fingerprint density at radius 3 is 2.35 bits per heavy atom. The first kappa shape index (κ1) is 21.9. The summed E-state index contributed by atoms with van der Waals surface area (Å²) in [5.74, 6) is -0.532. The Labute approximate surface area is 155 Å². The normalized spacial score (nSPS) is 11.8. The predicted molar refractivity (Wildman–Crippen MR) is 101 cm³/mol. The van der Waals surface area contributed by atoms with Gasteiger partial charge in [0.25, 0.3) is 5.91 Å². The van der Waals surface area contributed by atoms with Gasteiger partial charge in [-0.3, -0.25) is 14.8 Å². The van der Waals surface area contributed by atoms with E-state index in [4.69, 9.17) is 16.2 Å². The minimum Gasteiger partial charge on any atom is -0.494 e. The maximum Gasteiger partial charge on any atom is 0.250 e. The molecule has 7 nitrogen and oxygen atoms in total. The molecule has 26 heavy (non-hydrogen) atoms. The summed E-state index contributed by atoms with van der Waals surface area (Å²) in [6.07, 6.45) is 7.22. The second-order valence-electron chi connectivity index (χ2n) is 6.36. The summed E-state index contributed by atoms with van der Waals surface area (Å²) in [6.45, 7) is 2.85. The van der Waals surface area contributed by atoms with Crippen molar-refractivity contribution in [3.63, 3.8) is 0 Å². The number of rotatable bonds is 13. The van der Waals surface area contributed by atoms with Crippen molar-refractivity contribution in [3.8, 4) is 5.75 Å². The van der Waals surface area contributed by atoms with Gasteiger partial charge in [-0.05, 0) is 37.1 Å². The SMILES string of the molecule is CCCCCCCCOc1ccc(N(O)C(=O)CC[C@H](N)C(N)=O)cc1. The number of unbranched alkanes of at least 4 members (excludes halogenated alkanes) is 5. The molecule has 1 aromatic carbocycles. The lowest BCUT2D eigenvalue weighted by Crippen LogP contribution is -2.38. The third-order valence-corrected chi connectivity index (χ3v) is 4.12. The van der Waals surface area contributed by atoms with Crippen molar-refractivity contribution < 1.29 is 19.5 Å². The molecular weight excluding hydrogens is 334 g/mol. The molecule has 5 N–H and O–H groups in total. The standard InChI is InChI=1S/C19H31N3O4/c1-2-3-4-5-6-7-14-26-16-10-8-15(9-11-16)22(25)18(23)13-12-17(20)19(21)24/h8-11,17,25H,2-7,12-14,20H2,1H3,(H2,21,24)/t17-/m0/s1. The summed E-state index contributed by atoms with van der Waals surface area (Å²) in [6, 6.07) is 5.71. The summed E-state index contributed by atoms with van der Waals surface area (Å²) in [4.78, 5) is 22.8. The van der Waals surface area contributed by atoms with E-state index in [-0.39, 0.29) is 12.8 Å². The molecule has 0 spiro atoms. The van der Waals surface area contributed by atoms with E-state index in [1.165, 1.54) is 25.7 Å². The van der Waals surface area contributed by atoms with E-state index in [0.717, 1.165) is 12.8 Å². The van der Waals surface area contributed by atoms with Crippen molar-refractivity contribution in [2.75, 3.05) is 11.7 Å². The smallest absolute Gasteiger partial charge is 0.250 e. The van der Waals surface area contributed by atoms with E-state index in [0.29, 0.717) is 23.1 Å². The highest BCUT2D eigenvalue weighted by atomic mass is 16.5. The molecular formula is C19H31N3O4. The van der Waals surface area contributed by atoms with Gasteiger partial charge in [0.1, 0.15) is 5.75 Å². The minimum atomic E-state index is -0.898. The van der Waals surface area contributed by atoms with Crippen molar-refractivity contribution >= 4 is 17.5 Å². The van der Waals surface area contributed by atoms with Crippen LogP contribution in [-0.4, -0.2) is 29.7 Å². The van der Waals surface area contributed by atoms with Crippen LogP contribution in [0.4, 0.5) is 5.69 Å². The van der Waals surface area contributed by atoms with Gasteiger partial charge in [0, 0.05) is 6.42 Å². The zero-order chi connectivity index (χ0) is 19.4. The number of amides is 2. The summed E-state index contributed by atoms with van der Waals surface area (Å²) in [5, 5.41) is 10.5. The number of hydrogen-bond donors (Lipinski definition) is 3. The molecule has 7 heteroatoms. The number of carbonyl (C=O) groups is 2. The summed E-state index contributed by atoms with van der Waals surface area (Å²) in [5.41, 5.74) is 10.8. The van der Waals surface area contributed by atoms with Crippen LogP contribution in [0.5, 0.6) is 5.75 Å². The highest BCUT2D eigenvalue weighted by Crippen LogP contribution is 2.20. The predicted octanol–water partition coefficient (Wildman–Crippen LogP) is 2.74. The average Bonchev–Trinajstić information content (AvgIpc) is 2.64. The molecule has 0 aliphatic heterocycles. The fraction of sp³-hybridized carbons (Fsp3) is 0.579. The third-order valence-electron chi connectivity index (χ3n) is 4.12. The zero-order valence-electron chi connectivity index (χ0n) is 15.5. The maximum absolute atomic E-state index is 11.9. The molecule has 2 amide bonds. The Hall–Kier alpha value is -2.12. The van der Waals surface area contributed by atoms with E-state index in [2.05, 4.69) is 6.92 Å². The van der Waals surface area contributed by atoms with Crippen LogP contribution in [0.1, 0.15) is 58.3 Å². The molecule has 0 saturated carbocycles. The van der Waals surface area contributed by atoms with Crippen LogP contribution < -0.4 is 21.3 Å². The summed E-state index contributed by atoms with van der Waals surface area (Å²) in [7, 11) is 0. The maximum atomic E-state index is 11.9. The molecule has 0 fully saturated rings. The first-order chi connectivity index (χ1) is 12.5. The van der Waals surface area contributed by atoms with Crippen LogP contribution in [0.3, 0.4) is 0 Å². The van der Waals surface area contributed by atoms with Gasteiger partial charge in [0.2, 0.25) is 5.91 Å². The Morgan fingerprint density at radius 2 is 1.73 bits per heavy atom. The molecule has 0 aliphatic carbocycles. The van der Waals surface area contributed by atoms with Gasteiger partial charge in [0.15, 0.2) is 0 Å². The Bertz CT molecular complexity index is 548. The first-order valence-electron chi connectivity index (χ1n) is 9.25. The van der Waals surface area contributed by atoms with Crippen LogP contribution in [0.2, 0.25) is 0 Å². The second kappa shape index (κ2) is 12.3. The molecule has 146 valence electrons. The highest BCUT2D eigenvalue weighted by Gasteiger charge is 2.17. The molecule has 0 saturated heterocycles. The van der Waals surface area contributed by atoms with Crippen molar-refractivity contribution in [2.24, 2.45) is 11.5 Å². The number of anilines is 1. The third kappa shape index (κ3) is 8.31. The summed E-state index contributed by atoms with van der Waals surface area (Å²) >= 11 is 0. The fourth-order valence-electron chi connectivity index (χ4n) is 2.43. The number of primary amides is 1. The molecule has 0 aliphatic rings. The van der Waals surface area contributed by atoms with Crippen LogP contribution >= 0.6 is 0 Å². The molecule has 0 heterocycles. The van der Waals surface area contributed by atoms with Crippen LogP contribution in [0.25, 0.3) is 0 Å². The number of nitrogens with two attached hydrogens (primary N) is 2. The highest BCUT2D eigenvalue weighted by molar-refractivity contribution is 5.91. The van der Waals surface area contributed by atoms with E-state index in [9.17, 15) is 14.8 Å². The number of hydroxylamine groups is 1. The second-order valence-corrected chi connectivity index (χ2v) is 6.36. The number of hydrogen-bond acceptors (Lipinski definition) is 5. The van der Waals surface area contributed by atoms with Gasteiger partial charge in [-0.2, -0.15) is 5.06 Å². The van der Waals surface area contributed by atoms with Crippen LogP contribution in [-0.2, 0) is 9.59 Å². The fourth-order valence-corrected chi connectivity index (χ4v) is 2.43. The average molecular weight is 365 g/mol. The van der Waals surface area contributed by atoms with E-state index >= 15 is 0 Å². The van der Waals surface area contributed by atoms with Gasteiger partial charge >= 0.3 is 0 Å². The lowest BCUT2D eigenvalue weighted by atomic mass is 10.1. The van der Waals surface area contributed by atoms with Crippen molar-refractivity contribution in [1.82, 2.24) is 0 Å². The number of nitrogens with zero attached hydrogens (tertiary/aromatic N) is 1. The monoisotopic (exact) mass is 365 g/mol. The number of benzene rings is 1. The topological polar surface area (TPSA) is 119 Å². The van der Waals surface area contributed by atoms with Crippen LogP contribution in [0, 0.1) is 0 Å². The lowest BCUT2D eigenvalue weighted by molar-refractivity contribution is -0.124. The summed E-state index contributed by atoms with van der Waals surface area (Å²) < 4.78 is 5.66. The molecule has 0 aromatic heterocycles. The molecule has 1 atom stereocenters. The largest absolute Gasteiger partial charge is 0.494 e. The minimum absolute atomic E-state index is 0.0725. The van der Waals surface area contributed by atoms with Gasteiger partial charge in [-0.1, -0.05) is 39.0 Å². The van der Waals surface area contributed by atoms with Gasteiger partial charge in [0.05, 0.1) is 18.3 Å².